The average Bonchev–Trinajstić information content (AvgIpc) is 2.73. The van der Waals surface area contributed by atoms with Crippen molar-refractivity contribution in [3.05, 3.63) is 0 Å². The number of carbonyl (C=O) groups is 1. The van der Waals surface area contributed by atoms with E-state index < -0.39 is 11.5 Å². The van der Waals surface area contributed by atoms with Crippen LogP contribution in [0.5, 0.6) is 0 Å². The molecule has 0 aliphatic carbocycles. The van der Waals surface area contributed by atoms with E-state index in [9.17, 15) is 9.90 Å². The summed E-state index contributed by atoms with van der Waals surface area (Å²) in [5, 5.41) is 9.52. The number of ether oxygens (including phenoxy) is 1. The molecule has 18 heavy (non-hydrogen) atoms. The van der Waals surface area contributed by atoms with E-state index in [4.69, 9.17) is 4.74 Å². The van der Waals surface area contributed by atoms with Gasteiger partial charge in [0.25, 0.3) is 0 Å². The van der Waals surface area contributed by atoms with Gasteiger partial charge in [0.05, 0.1) is 12.7 Å². The van der Waals surface area contributed by atoms with Crippen molar-refractivity contribution in [3.63, 3.8) is 0 Å². The Morgan fingerprint density at radius 3 is 2.89 bits per heavy atom. The van der Waals surface area contributed by atoms with Crippen molar-refractivity contribution in [1.82, 2.24) is 9.80 Å². The highest BCUT2D eigenvalue weighted by molar-refractivity contribution is 5.79. The van der Waals surface area contributed by atoms with Gasteiger partial charge in [-0.1, -0.05) is 6.92 Å². The minimum atomic E-state index is -0.674. The van der Waals surface area contributed by atoms with Gasteiger partial charge in [-0.3, -0.25) is 9.69 Å². The number of likely N-dealkylation sites (N-methyl/N-ethyl adjacent to an activating group) is 1. The lowest BCUT2D eigenvalue weighted by atomic mass is 9.92. The molecule has 0 radical (unpaired) electrons. The summed E-state index contributed by atoms with van der Waals surface area (Å²) in [5.74, 6) is -0.674. The molecule has 2 fully saturated rings. The van der Waals surface area contributed by atoms with E-state index in [2.05, 4.69) is 16.8 Å². The van der Waals surface area contributed by atoms with Crippen molar-refractivity contribution in [2.45, 2.75) is 37.8 Å². The molecule has 0 saturated carbocycles. The summed E-state index contributed by atoms with van der Waals surface area (Å²) in [6.45, 7) is 6.21. The smallest absolute Gasteiger partial charge is 0.324 e. The number of carboxylic acid groups (broad SMARTS) is 1. The first-order valence-electron chi connectivity index (χ1n) is 6.87. The molecule has 2 rings (SSSR count). The van der Waals surface area contributed by atoms with E-state index in [1.54, 1.807) is 0 Å². The van der Waals surface area contributed by atoms with Crippen LogP contribution in [-0.4, -0.2) is 72.4 Å². The lowest BCUT2D eigenvalue weighted by Gasteiger charge is -2.38. The molecule has 104 valence electrons. The number of aliphatic carboxylic acids is 1. The third-order valence-corrected chi connectivity index (χ3v) is 4.37. The number of nitrogens with zero attached hydrogens (tertiary/aromatic N) is 2. The highest BCUT2D eigenvalue weighted by Crippen LogP contribution is 2.33. The van der Waals surface area contributed by atoms with Crippen LogP contribution >= 0.6 is 0 Å². The largest absolute Gasteiger partial charge is 0.480 e. The fourth-order valence-corrected chi connectivity index (χ4v) is 3.22. The Labute approximate surface area is 109 Å². The second-order valence-electron chi connectivity index (χ2n) is 5.49. The van der Waals surface area contributed by atoms with Crippen molar-refractivity contribution < 1.29 is 14.6 Å². The van der Waals surface area contributed by atoms with E-state index in [0.717, 1.165) is 45.6 Å². The molecule has 0 amide bonds. The number of likely N-dealkylation sites (tertiary alicyclic amines) is 1. The van der Waals surface area contributed by atoms with Gasteiger partial charge in [0.15, 0.2) is 0 Å². The lowest BCUT2D eigenvalue weighted by Crippen LogP contribution is -2.55. The average molecular weight is 256 g/mol. The highest BCUT2D eigenvalue weighted by Gasteiger charge is 2.46. The summed E-state index contributed by atoms with van der Waals surface area (Å²) in [4.78, 5) is 16.0. The van der Waals surface area contributed by atoms with Crippen molar-refractivity contribution in [2.75, 3.05) is 39.8 Å². The van der Waals surface area contributed by atoms with Crippen LogP contribution in [-0.2, 0) is 9.53 Å². The van der Waals surface area contributed by atoms with E-state index >= 15 is 0 Å². The third-order valence-electron chi connectivity index (χ3n) is 4.37. The van der Waals surface area contributed by atoms with Crippen molar-refractivity contribution >= 4 is 5.97 Å². The monoisotopic (exact) mass is 256 g/mol. The molecule has 2 unspecified atom stereocenters. The zero-order valence-corrected chi connectivity index (χ0v) is 11.4. The van der Waals surface area contributed by atoms with E-state index in [1.807, 2.05) is 6.92 Å². The first-order chi connectivity index (χ1) is 8.58. The maximum absolute atomic E-state index is 11.6. The molecule has 5 nitrogen and oxygen atoms in total. The Morgan fingerprint density at radius 1 is 1.50 bits per heavy atom. The number of hydrogen-bond acceptors (Lipinski definition) is 4. The molecule has 2 aliphatic heterocycles. The summed E-state index contributed by atoms with van der Waals surface area (Å²) in [5.41, 5.74) is -0.653. The van der Waals surface area contributed by atoms with Gasteiger partial charge in [-0.15, -0.1) is 0 Å². The molecule has 5 heteroatoms. The van der Waals surface area contributed by atoms with Gasteiger partial charge in [0, 0.05) is 19.6 Å². The summed E-state index contributed by atoms with van der Waals surface area (Å²) in [6, 6.07) is 0. The fraction of sp³-hybridized carbons (Fsp3) is 0.923. The standard InChI is InChI=1S/C13H24N2O3/c1-3-13(12(16)17)5-4-6-15(13)10-11-9-14(2)7-8-18-11/h11H,3-10H2,1-2H3,(H,16,17). The van der Waals surface area contributed by atoms with Crippen LogP contribution < -0.4 is 0 Å². The Morgan fingerprint density at radius 2 is 2.28 bits per heavy atom. The maximum Gasteiger partial charge on any atom is 0.324 e. The number of morpholine rings is 1. The molecule has 1 N–H and O–H groups in total. The summed E-state index contributed by atoms with van der Waals surface area (Å²) in [7, 11) is 2.09. The fourth-order valence-electron chi connectivity index (χ4n) is 3.22. The van der Waals surface area contributed by atoms with E-state index in [1.165, 1.54) is 0 Å². The SMILES string of the molecule is CCC1(C(=O)O)CCCN1CC1CN(C)CCO1. The molecule has 0 spiro atoms. The topological polar surface area (TPSA) is 53.0 Å². The second kappa shape index (κ2) is 5.55. The van der Waals surface area contributed by atoms with Crippen LogP contribution in [0.3, 0.4) is 0 Å². The van der Waals surface area contributed by atoms with Crippen LogP contribution in [0.25, 0.3) is 0 Å². The number of carboxylic acids is 1. The van der Waals surface area contributed by atoms with Crippen LogP contribution in [0.15, 0.2) is 0 Å². The van der Waals surface area contributed by atoms with Gasteiger partial charge in [0.1, 0.15) is 5.54 Å². The first-order valence-corrected chi connectivity index (χ1v) is 6.87. The predicted octanol–water partition coefficient (Wildman–Crippen LogP) is 0.646. The number of rotatable bonds is 4. The molecule has 0 aromatic rings. The molecule has 2 heterocycles. The van der Waals surface area contributed by atoms with Crippen molar-refractivity contribution in [2.24, 2.45) is 0 Å². The first kappa shape index (κ1) is 13.8. The van der Waals surface area contributed by atoms with Crippen LogP contribution in [0.2, 0.25) is 0 Å². The highest BCUT2D eigenvalue weighted by atomic mass is 16.5. The molecule has 2 atom stereocenters. The van der Waals surface area contributed by atoms with Gasteiger partial charge in [0.2, 0.25) is 0 Å². The van der Waals surface area contributed by atoms with E-state index in [-0.39, 0.29) is 6.10 Å². The summed E-state index contributed by atoms with van der Waals surface area (Å²) in [6.07, 6.45) is 2.56. The molecular formula is C13H24N2O3. The minimum Gasteiger partial charge on any atom is -0.480 e. The minimum absolute atomic E-state index is 0.145. The van der Waals surface area contributed by atoms with Crippen LogP contribution in [0.1, 0.15) is 26.2 Å². The maximum atomic E-state index is 11.6. The van der Waals surface area contributed by atoms with Crippen molar-refractivity contribution in [3.8, 4) is 0 Å². The van der Waals surface area contributed by atoms with Gasteiger partial charge in [-0.2, -0.15) is 0 Å². The number of hydrogen-bond donors (Lipinski definition) is 1. The lowest BCUT2D eigenvalue weighted by molar-refractivity contribution is -0.151. The van der Waals surface area contributed by atoms with Gasteiger partial charge in [-0.25, -0.2) is 0 Å². The molecule has 0 aromatic heterocycles. The molecule has 0 aromatic carbocycles. The van der Waals surface area contributed by atoms with E-state index in [0.29, 0.717) is 6.42 Å². The Kier molecular flexibility index (Phi) is 4.25. The predicted molar refractivity (Wildman–Crippen MR) is 68.7 cm³/mol. The summed E-state index contributed by atoms with van der Waals surface area (Å²) >= 11 is 0. The Hall–Kier alpha value is -0.650. The van der Waals surface area contributed by atoms with Crippen molar-refractivity contribution in [1.29, 1.82) is 0 Å². The Balaban J connectivity index is 2.01. The van der Waals surface area contributed by atoms with Gasteiger partial charge >= 0.3 is 5.97 Å². The Bertz CT molecular complexity index is 311. The van der Waals surface area contributed by atoms with Crippen LogP contribution in [0, 0.1) is 0 Å². The summed E-state index contributed by atoms with van der Waals surface area (Å²) < 4.78 is 5.75. The second-order valence-corrected chi connectivity index (χ2v) is 5.49. The van der Waals surface area contributed by atoms with Gasteiger partial charge < -0.3 is 14.7 Å². The molecule has 0 bridgehead atoms. The van der Waals surface area contributed by atoms with Gasteiger partial charge in [-0.05, 0) is 32.9 Å². The third kappa shape index (κ3) is 2.53. The zero-order chi connectivity index (χ0) is 13.2. The molecule has 2 aliphatic rings. The quantitative estimate of drug-likeness (QED) is 0.800. The molecule has 2 saturated heterocycles. The molecular weight excluding hydrogens is 232 g/mol. The van der Waals surface area contributed by atoms with Crippen LogP contribution in [0.4, 0.5) is 0 Å². The zero-order valence-electron chi connectivity index (χ0n) is 11.4. The normalized spacial score (nSPS) is 34.9.